The molecule has 0 radical (unpaired) electrons. The molecule has 0 saturated heterocycles. The van der Waals surface area contributed by atoms with Crippen molar-refractivity contribution in [1.29, 1.82) is 0 Å². The van der Waals surface area contributed by atoms with Crippen LogP contribution >= 0.6 is 15.9 Å². The van der Waals surface area contributed by atoms with Gasteiger partial charge < -0.3 is 10.6 Å². The zero-order valence-corrected chi connectivity index (χ0v) is 11.7. The monoisotopic (exact) mass is 308 g/mol. The van der Waals surface area contributed by atoms with Gasteiger partial charge in [-0.2, -0.15) is 0 Å². The van der Waals surface area contributed by atoms with Gasteiger partial charge in [-0.1, -0.05) is 34.1 Å². The van der Waals surface area contributed by atoms with Crippen molar-refractivity contribution in [3.8, 4) is 0 Å². The number of hydrogen-bond donors (Lipinski definition) is 2. The second-order valence-corrected chi connectivity index (χ2v) is 5.39. The van der Waals surface area contributed by atoms with E-state index in [9.17, 15) is 4.79 Å². The maximum atomic E-state index is 11.4. The Hall–Kier alpha value is -1.29. The van der Waals surface area contributed by atoms with Crippen LogP contribution in [-0.2, 0) is 6.42 Å². The van der Waals surface area contributed by atoms with E-state index in [1.165, 1.54) is 18.4 Å². The van der Waals surface area contributed by atoms with Crippen molar-refractivity contribution in [2.24, 2.45) is 5.92 Å². The summed E-state index contributed by atoms with van der Waals surface area (Å²) in [5.41, 5.74) is 1.21. The first kappa shape index (κ1) is 13.1. The molecule has 0 unspecified atom stereocenters. The lowest BCUT2D eigenvalue weighted by molar-refractivity contribution is 0.244. The molecule has 1 fully saturated rings. The lowest BCUT2D eigenvalue weighted by atomic mass is 10.1. The van der Waals surface area contributed by atoms with Crippen LogP contribution in [0.25, 0.3) is 0 Å². The Bertz CT molecular complexity index is 424. The number of amides is 2. The summed E-state index contributed by atoms with van der Waals surface area (Å²) in [5, 5.41) is 5.54. The number of urea groups is 1. The molecule has 18 heavy (non-hydrogen) atoms. The molecule has 1 aromatic carbocycles. The molecule has 96 valence electrons. The summed E-state index contributed by atoms with van der Waals surface area (Å²) in [4.78, 5) is 11.4. The summed E-state index contributed by atoms with van der Waals surface area (Å²) in [7, 11) is 0. The van der Waals surface area contributed by atoms with Crippen molar-refractivity contribution >= 4 is 22.0 Å². The lowest BCUT2D eigenvalue weighted by Gasteiger charge is -2.04. The highest BCUT2D eigenvalue weighted by atomic mass is 79.9. The fourth-order valence-corrected chi connectivity index (χ4v) is 1.84. The highest BCUT2D eigenvalue weighted by molar-refractivity contribution is 9.10. The zero-order chi connectivity index (χ0) is 12.8. The molecule has 0 heterocycles. The van der Waals surface area contributed by atoms with Crippen molar-refractivity contribution < 1.29 is 4.79 Å². The van der Waals surface area contributed by atoms with Crippen LogP contribution in [0.5, 0.6) is 0 Å². The standard InChI is InChI=1S/C14H17BrN2O/c15-13-5-3-12(4-6-13)8-10-17-14(18)16-9-7-11-1-2-11/h3-7,9,11H,1-2,8,10H2,(H2,16,17,18)/b9-7+. The Kier molecular flexibility index (Phi) is 4.81. The largest absolute Gasteiger partial charge is 0.338 e. The summed E-state index contributed by atoms with van der Waals surface area (Å²) in [6.07, 6.45) is 7.14. The second kappa shape index (κ2) is 6.59. The minimum atomic E-state index is -0.135. The quantitative estimate of drug-likeness (QED) is 0.861. The van der Waals surface area contributed by atoms with E-state index in [2.05, 4.69) is 38.7 Å². The molecule has 1 aliphatic rings. The van der Waals surface area contributed by atoms with Crippen molar-refractivity contribution in [1.82, 2.24) is 10.6 Å². The van der Waals surface area contributed by atoms with Crippen LogP contribution in [-0.4, -0.2) is 12.6 Å². The van der Waals surface area contributed by atoms with Gasteiger partial charge in [-0.05, 0) is 42.9 Å². The molecule has 0 atom stereocenters. The highest BCUT2D eigenvalue weighted by Gasteiger charge is 2.16. The van der Waals surface area contributed by atoms with Crippen molar-refractivity contribution in [3.05, 3.63) is 46.6 Å². The maximum absolute atomic E-state index is 11.4. The molecule has 2 rings (SSSR count). The fraction of sp³-hybridized carbons (Fsp3) is 0.357. The number of carbonyl (C=O) groups is 1. The molecule has 0 aromatic heterocycles. The molecule has 0 aliphatic heterocycles. The van der Waals surface area contributed by atoms with Crippen molar-refractivity contribution in [3.63, 3.8) is 0 Å². The minimum Gasteiger partial charge on any atom is -0.338 e. The van der Waals surface area contributed by atoms with E-state index >= 15 is 0 Å². The first-order valence-corrected chi connectivity index (χ1v) is 6.99. The molecule has 3 nitrogen and oxygen atoms in total. The summed E-state index contributed by atoms with van der Waals surface area (Å²) in [6, 6.07) is 7.98. The van der Waals surface area contributed by atoms with E-state index in [0.29, 0.717) is 12.5 Å². The minimum absolute atomic E-state index is 0.135. The van der Waals surface area contributed by atoms with Gasteiger partial charge in [0.05, 0.1) is 0 Å². The Morgan fingerprint density at radius 1 is 1.33 bits per heavy atom. The lowest BCUT2D eigenvalue weighted by Crippen LogP contribution is -2.33. The molecule has 0 spiro atoms. The molecule has 4 heteroatoms. The maximum Gasteiger partial charge on any atom is 0.318 e. The van der Waals surface area contributed by atoms with E-state index < -0.39 is 0 Å². The number of carbonyl (C=O) groups excluding carboxylic acids is 1. The summed E-state index contributed by atoms with van der Waals surface area (Å²) in [6.45, 7) is 0.644. The third-order valence-electron chi connectivity index (χ3n) is 2.82. The van der Waals surface area contributed by atoms with Gasteiger partial charge in [-0.25, -0.2) is 4.79 Å². The first-order valence-electron chi connectivity index (χ1n) is 6.19. The fourth-order valence-electron chi connectivity index (χ4n) is 1.57. The predicted molar refractivity (Wildman–Crippen MR) is 76.2 cm³/mol. The topological polar surface area (TPSA) is 41.1 Å². The SMILES string of the molecule is O=C(N/C=C/C1CC1)NCCc1ccc(Br)cc1. The summed E-state index contributed by atoms with van der Waals surface area (Å²) < 4.78 is 1.07. The summed E-state index contributed by atoms with van der Waals surface area (Å²) >= 11 is 3.39. The van der Waals surface area contributed by atoms with Gasteiger partial charge in [0.15, 0.2) is 0 Å². The van der Waals surface area contributed by atoms with E-state index in [4.69, 9.17) is 0 Å². The number of allylic oxidation sites excluding steroid dienone is 1. The first-order chi connectivity index (χ1) is 8.74. The van der Waals surface area contributed by atoms with Gasteiger partial charge in [-0.3, -0.25) is 0 Å². The number of halogens is 1. The molecule has 2 amide bonds. The predicted octanol–water partition coefficient (Wildman–Crippen LogP) is 3.21. The normalized spacial score (nSPS) is 14.7. The van der Waals surface area contributed by atoms with Crippen LogP contribution in [0.4, 0.5) is 4.79 Å². The van der Waals surface area contributed by atoms with E-state index in [1.54, 1.807) is 6.20 Å². The molecular formula is C14H17BrN2O. The molecular weight excluding hydrogens is 292 g/mol. The van der Waals surface area contributed by atoms with Crippen molar-refractivity contribution in [2.75, 3.05) is 6.54 Å². The number of hydrogen-bond acceptors (Lipinski definition) is 1. The number of nitrogens with one attached hydrogen (secondary N) is 2. The molecule has 1 saturated carbocycles. The molecule has 1 aliphatic carbocycles. The third-order valence-corrected chi connectivity index (χ3v) is 3.35. The van der Waals surface area contributed by atoms with Crippen LogP contribution in [0.1, 0.15) is 18.4 Å². The van der Waals surface area contributed by atoms with Gasteiger partial charge in [0.1, 0.15) is 0 Å². The average molecular weight is 309 g/mol. The Labute approximate surface area is 116 Å². The molecule has 1 aromatic rings. The number of rotatable bonds is 5. The third kappa shape index (κ3) is 4.92. The van der Waals surface area contributed by atoms with E-state index in [-0.39, 0.29) is 6.03 Å². The van der Waals surface area contributed by atoms with Crippen molar-refractivity contribution in [2.45, 2.75) is 19.3 Å². The summed E-state index contributed by atoms with van der Waals surface area (Å²) in [5.74, 6) is 0.688. The Morgan fingerprint density at radius 2 is 2.06 bits per heavy atom. The zero-order valence-electron chi connectivity index (χ0n) is 10.2. The van der Waals surface area contributed by atoms with Crippen LogP contribution in [0.2, 0.25) is 0 Å². The van der Waals surface area contributed by atoms with Gasteiger partial charge in [0.2, 0.25) is 0 Å². The van der Waals surface area contributed by atoms with Crippen LogP contribution in [0, 0.1) is 5.92 Å². The van der Waals surface area contributed by atoms with Gasteiger partial charge >= 0.3 is 6.03 Å². The second-order valence-electron chi connectivity index (χ2n) is 4.47. The van der Waals surface area contributed by atoms with Crippen LogP contribution in [0.3, 0.4) is 0 Å². The van der Waals surface area contributed by atoms with Gasteiger partial charge in [0, 0.05) is 17.2 Å². The van der Waals surface area contributed by atoms with E-state index in [1.807, 2.05) is 18.2 Å². The Morgan fingerprint density at radius 3 is 2.72 bits per heavy atom. The highest BCUT2D eigenvalue weighted by Crippen LogP contribution is 2.29. The van der Waals surface area contributed by atoms with Gasteiger partial charge in [-0.15, -0.1) is 0 Å². The van der Waals surface area contributed by atoms with E-state index in [0.717, 1.165) is 10.9 Å². The number of benzene rings is 1. The smallest absolute Gasteiger partial charge is 0.318 e. The average Bonchev–Trinajstić information content (AvgIpc) is 3.16. The van der Waals surface area contributed by atoms with Gasteiger partial charge in [0.25, 0.3) is 0 Å². The van der Waals surface area contributed by atoms with Crippen LogP contribution in [0.15, 0.2) is 41.0 Å². The molecule has 0 bridgehead atoms. The molecule has 2 N–H and O–H groups in total. The van der Waals surface area contributed by atoms with Crippen LogP contribution < -0.4 is 10.6 Å². The Balaban J connectivity index is 1.61.